The van der Waals surface area contributed by atoms with E-state index < -0.39 is 5.91 Å². The minimum Gasteiger partial charge on any atom is -0.451 e. The predicted octanol–water partition coefficient (Wildman–Crippen LogP) is 6.73. The number of nitrogens with one attached hydrogen (secondary N) is 3. The molecule has 4 aromatic rings. The number of thiazole rings is 1. The Kier molecular flexibility index (Phi) is 7.47. The number of hydrogen-bond acceptors (Lipinski definition) is 6. The normalized spacial score (nSPS) is 10.8. The van der Waals surface area contributed by atoms with Crippen molar-refractivity contribution in [3.8, 4) is 11.3 Å². The number of amides is 2. The molecule has 2 aromatic carbocycles. The number of halogens is 2. The van der Waals surface area contributed by atoms with Crippen LogP contribution in [0.15, 0.2) is 52.9 Å². The van der Waals surface area contributed by atoms with Crippen LogP contribution >= 0.6 is 46.8 Å². The fourth-order valence-electron chi connectivity index (χ4n) is 3.06. The number of carbonyl (C=O) groups is 2. The molecule has 2 heterocycles. The Morgan fingerprint density at radius 2 is 1.88 bits per heavy atom. The minimum absolute atomic E-state index is 0.0657. The average Bonchev–Trinajstić information content (AvgIpc) is 3.42. The molecule has 0 fully saturated rings. The highest BCUT2D eigenvalue weighted by molar-refractivity contribution is 7.80. The second kappa shape index (κ2) is 10.5. The van der Waals surface area contributed by atoms with Gasteiger partial charge in [-0.3, -0.25) is 14.9 Å². The van der Waals surface area contributed by atoms with Crippen LogP contribution in [0, 0.1) is 0 Å². The summed E-state index contributed by atoms with van der Waals surface area (Å²) < 4.78 is 6.51. The van der Waals surface area contributed by atoms with Gasteiger partial charge in [-0.25, -0.2) is 4.98 Å². The summed E-state index contributed by atoms with van der Waals surface area (Å²) in [6, 6.07) is 13.7. The van der Waals surface area contributed by atoms with Crippen LogP contribution in [0.25, 0.3) is 21.5 Å². The lowest BCUT2D eigenvalue weighted by atomic mass is 10.2. The van der Waals surface area contributed by atoms with Gasteiger partial charge in [0.15, 0.2) is 16.0 Å². The van der Waals surface area contributed by atoms with Gasteiger partial charge in [0.25, 0.3) is 5.91 Å². The molecule has 0 aliphatic heterocycles. The molecule has 34 heavy (non-hydrogen) atoms. The van der Waals surface area contributed by atoms with Crippen molar-refractivity contribution in [2.75, 3.05) is 10.6 Å². The highest BCUT2D eigenvalue weighted by Crippen LogP contribution is 2.30. The van der Waals surface area contributed by atoms with Crippen LogP contribution in [0.3, 0.4) is 0 Å². The molecule has 0 bridgehead atoms. The Morgan fingerprint density at radius 3 is 2.65 bits per heavy atom. The number of anilines is 2. The van der Waals surface area contributed by atoms with E-state index in [2.05, 4.69) is 20.9 Å². The van der Waals surface area contributed by atoms with Gasteiger partial charge in [-0.15, -0.1) is 0 Å². The van der Waals surface area contributed by atoms with Gasteiger partial charge in [0.2, 0.25) is 5.91 Å². The van der Waals surface area contributed by atoms with Crippen molar-refractivity contribution in [2.45, 2.75) is 19.8 Å². The van der Waals surface area contributed by atoms with Crippen LogP contribution in [0.4, 0.5) is 10.8 Å². The quantitative estimate of drug-likeness (QED) is 0.238. The van der Waals surface area contributed by atoms with Crippen LogP contribution in [0.1, 0.15) is 30.3 Å². The molecule has 3 N–H and O–H groups in total. The number of benzene rings is 2. The van der Waals surface area contributed by atoms with E-state index >= 15 is 0 Å². The number of nitrogens with zero attached hydrogens (tertiary/aromatic N) is 1. The number of carbonyl (C=O) groups excluding carboxylic acids is 2. The molecule has 0 saturated carbocycles. The van der Waals surface area contributed by atoms with Crippen LogP contribution < -0.4 is 16.0 Å². The lowest BCUT2D eigenvalue weighted by Crippen LogP contribution is -2.33. The first-order chi connectivity index (χ1) is 16.3. The minimum atomic E-state index is -0.497. The molecule has 0 radical (unpaired) electrons. The first kappa shape index (κ1) is 24.2. The highest BCUT2D eigenvalue weighted by Gasteiger charge is 2.15. The van der Waals surface area contributed by atoms with Gasteiger partial charge in [0, 0.05) is 17.7 Å². The summed E-state index contributed by atoms with van der Waals surface area (Å²) >= 11 is 18.6. The Morgan fingerprint density at radius 1 is 1.06 bits per heavy atom. The summed E-state index contributed by atoms with van der Waals surface area (Å²) in [5, 5.41) is 9.83. The summed E-state index contributed by atoms with van der Waals surface area (Å²) in [5.74, 6) is 0.00306. The summed E-state index contributed by atoms with van der Waals surface area (Å²) in [7, 11) is 0. The zero-order chi connectivity index (χ0) is 24.2. The van der Waals surface area contributed by atoms with E-state index in [-0.39, 0.29) is 16.8 Å². The molecule has 11 heteroatoms. The number of thiocarbonyl (C=S) groups is 1. The van der Waals surface area contributed by atoms with E-state index in [0.717, 1.165) is 16.6 Å². The van der Waals surface area contributed by atoms with Gasteiger partial charge in [-0.1, -0.05) is 41.5 Å². The number of rotatable bonds is 6. The molecule has 0 saturated heterocycles. The topological polar surface area (TPSA) is 96.3 Å². The first-order valence-corrected chi connectivity index (χ1v) is 12.2. The van der Waals surface area contributed by atoms with Gasteiger partial charge >= 0.3 is 0 Å². The van der Waals surface area contributed by atoms with E-state index in [9.17, 15) is 9.59 Å². The smallest absolute Gasteiger partial charge is 0.293 e. The van der Waals surface area contributed by atoms with Crippen LogP contribution in [-0.2, 0) is 4.79 Å². The summed E-state index contributed by atoms with van der Waals surface area (Å²) in [5.41, 5.74) is 2.11. The van der Waals surface area contributed by atoms with Gasteiger partial charge in [-0.2, -0.15) is 0 Å². The molecule has 174 valence electrons. The van der Waals surface area contributed by atoms with E-state index in [4.69, 9.17) is 39.8 Å². The van der Waals surface area contributed by atoms with E-state index in [1.807, 2.05) is 19.1 Å². The Balaban J connectivity index is 1.39. The zero-order valence-corrected chi connectivity index (χ0v) is 20.9. The second-order valence-corrected chi connectivity index (χ2v) is 9.45. The molecule has 0 aliphatic carbocycles. The zero-order valence-electron chi connectivity index (χ0n) is 17.8. The standard InChI is InChI=1S/C23H18Cl2N4O3S2/c1-2-3-20(30)28-23-27-16-7-5-13(11-19(16)34-23)26-22(33)29-21(31)18-9-8-17(32-18)12-4-6-14(24)15(25)10-12/h4-11H,2-3H2,1H3,(H,27,28,30)(H2,26,29,31,33). The van der Waals surface area contributed by atoms with E-state index in [1.54, 1.807) is 36.4 Å². The largest absolute Gasteiger partial charge is 0.451 e. The molecule has 7 nitrogen and oxygen atoms in total. The van der Waals surface area contributed by atoms with Gasteiger partial charge < -0.3 is 15.1 Å². The highest BCUT2D eigenvalue weighted by atomic mass is 35.5. The third kappa shape index (κ3) is 5.74. The second-order valence-electron chi connectivity index (χ2n) is 7.20. The van der Waals surface area contributed by atoms with Crippen LogP contribution in [0.5, 0.6) is 0 Å². The maximum absolute atomic E-state index is 12.6. The number of furan rings is 1. The number of aromatic nitrogens is 1. The third-order valence-electron chi connectivity index (χ3n) is 4.63. The predicted molar refractivity (Wildman–Crippen MR) is 141 cm³/mol. The molecule has 0 aliphatic rings. The van der Waals surface area contributed by atoms with Crippen molar-refractivity contribution < 1.29 is 14.0 Å². The van der Waals surface area contributed by atoms with Gasteiger partial charge in [0.05, 0.1) is 20.3 Å². The lowest BCUT2D eigenvalue weighted by molar-refractivity contribution is -0.116. The third-order valence-corrected chi connectivity index (χ3v) is 6.51. The lowest BCUT2D eigenvalue weighted by Gasteiger charge is -2.08. The van der Waals surface area contributed by atoms with Crippen molar-refractivity contribution in [2.24, 2.45) is 0 Å². The van der Waals surface area contributed by atoms with Crippen LogP contribution in [-0.4, -0.2) is 21.9 Å². The molecule has 0 atom stereocenters. The van der Waals surface area contributed by atoms with E-state index in [1.165, 1.54) is 11.3 Å². The van der Waals surface area contributed by atoms with Crippen molar-refractivity contribution >= 4 is 84.7 Å². The van der Waals surface area contributed by atoms with Gasteiger partial charge in [0.1, 0.15) is 5.76 Å². The first-order valence-electron chi connectivity index (χ1n) is 10.2. The fraction of sp³-hybridized carbons (Fsp3) is 0.130. The molecule has 4 rings (SSSR count). The Labute approximate surface area is 214 Å². The monoisotopic (exact) mass is 532 g/mol. The number of hydrogen-bond donors (Lipinski definition) is 3. The van der Waals surface area contributed by atoms with Crippen molar-refractivity contribution in [1.82, 2.24) is 10.3 Å². The molecular formula is C23H18Cl2N4O3S2. The van der Waals surface area contributed by atoms with E-state index in [0.29, 0.717) is 38.6 Å². The Hall–Kier alpha value is -2.98. The SMILES string of the molecule is CCCC(=O)Nc1nc2ccc(NC(=S)NC(=O)c3ccc(-c4ccc(Cl)c(Cl)c4)o3)cc2s1. The number of fused-ring (bicyclic) bond motifs is 1. The van der Waals surface area contributed by atoms with Gasteiger partial charge in [-0.05, 0) is 67.2 Å². The average molecular weight is 533 g/mol. The molecule has 2 amide bonds. The Bertz CT molecular complexity index is 1400. The van der Waals surface area contributed by atoms with Crippen molar-refractivity contribution in [3.63, 3.8) is 0 Å². The fourth-order valence-corrected chi connectivity index (χ4v) is 4.49. The summed E-state index contributed by atoms with van der Waals surface area (Å²) in [6.07, 6.45) is 1.21. The maximum atomic E-state index is 12.6. The molecular weight excluding hydrogens is 515 g/mol. The van der Waals surface area contributed by atoms with Crippen molar-refractivity contribution in [3.05, 3.63) is 64.3 Å². The molecule has 2 aromatic heterocycles. The maximum Gasteiger partial charge on any atom is 0.293 e. The summed E-state index contributed by atoms with van der Waals surface area (Å²) in [4.78, 5) is 28.8. The van der Waals surface area contributed by atoms with Crippen molar-refractivity contribution in [1.29, 1.82) is 0 Å². The molecule has 0 spiro atoms. The van der Waals surface area contributed by atoms with Crippen LogP contribution in [0.2, 0.25) is 10.0 Å². The summed E-state index contributed by atoms with van der Waals surface area (Å²) in [6.45, 7) is 1.94. The molecule has 0 unspecified atom stereocenters.